The van der Waals surface area contributed by atoms with Crippen molar-refractivity contribution in [2.45, 2.75) is 13.5 Å². The second-order valence-electron chi connectivity index (χ2n) is 6.36. The number of thioether (sulfide) groups is 1. The molecule has 0 aliphatic carbocycles. The van der Waals surface area contributed by atoms with E-state index >= 15 is 0 Å². The highest BCUT2D eigenvalue weighted by Crippen LogP contribution is 2.32. The molecule has 2 aromatic rings. The summed E-state index contributed by atoms with van der Waals surface area (Å²) in [6.07, 6.45) is 1.55. The molecule has 0 unspecified atom stereocenters. The fourth-order valence-corrected chi connectivity index (χ4v) is 3.54. The van der Waals surface area contributed by atoms with Crippen LogP contribution in [0, 0.1) is 10.1 Å². The number of rotatable bonds is 8. The van der Waals surface area contributed by atoms with Crippen LogP contribution in [0.2, 0.25) is 0 Å². The molecule has 0 bridgehead atoms. The molecule has 9 nitrogen and oxygen atoms in total. The molecule has 3 rings (SSSR count). The summed E-state index contributed by atoms with van der Waals surface area (Å²) in [5.74, 6) is -0.675. The van der Waals surface area contributed by atoms with Crippen molar-refractivity contribution in [1.29, 1.82) is 0 Å². The Morgan fingerprint density at radius 1 is 1.19 bits per heavy atom. The number of hydrogen-bond acceptors (Lipinski definition) is 8. The summed E-state index contributed by atoms with van der Waals surface area (Å²) in [6, 6.07) is 12.9. The molecule has 0 spiro atoms. The Labute approximate surface area is 181 Å². The summed E-state index contributed by atoms with van der Waals surface area (Å²) >= 11 is 0.751. The molecule has 0 saturated carbocycles. The number of carbonyl (C=O) groups excluding carboxylic acids is 3. The quantitative estimate of drug-likeness (QED) is 0.262. The number of esters is 1. The summed E-state index contributed by atoms with van der Waals surface area (Å²) in [5.41, 5.74) is 1.40. The van der Waals surface area contributed by atoms with Gasteiger partial charge in [-0.15, -0.1) is 0 Å². The minimum Gasteiger partial charge on any atom is -0.489 e. The molecule has 0 atom stereocenters. The van der Waals surface area contributed by atoms with Gasteiger partial charge in [-0.3, -0.25) is 29.4 Å². The maximum absolute atomic E-state index is 12.5. The minimum absolute atomic E-state index is 0.00245. The average molecular weight is 442 g/mol. The van der Waals surface area contributed by atoms with Crippen LogP contribution in [-0.4, -0.2) is 40.1 Å². The Morgan fingerprint density at radius 2 is 1.94 bits per heavy atom. The smallest absolute Gasteiger partial charge is 0.326 e. The normalized spacial score (nSPS) is 14.7. The first kappa shape index (κ1) is 22.0. The van der Waals surface area contributed by atoms with Crippen molar-refractivity contribution in [3.8, 4) is 5.75 Å². The van der Waals surface area contributed by atoms with E-state index in [2.05, 4.69) is 0 Å². The van der Waals surface area contributed by atoms with E-state index in [4.69, 9.17) is 9.47 Å². The monoisotopic (exact) mass is 442 g/mol. The molecular weight excluding hydrogens is 424 g/mol. The van der Waals surface area contributed by atoms with Gasteiger partial charge < -0.3 is 9.47 Å². The lowest BCUT2D eigenvalue weighted by Crippen LogP contribution is -2.34. The summed E-state index contributed by atoms with van der Waals surface area (Å²) in [7, 11) is 0. The van der Waals surface area contributed by atoms with E-state index < -0.39 is 28.6 Å². The number of carbonyl (C=O) groups is 3. The molecule has 2 amide bonds. The molecule has 1 fully saturated rings. The van der Waals surface area contributed by atoms with Crippen LogP contribution >= 0.6 is 11.8 Å². The molecule has 1 saturated heterocycles. The van der Waals surface area contributed by atoms with Crippen LogP contribution in [0.4, 0.5) is 10.5 Å². The highest BCUT2D eigenvalue weighted by Gasteiger charge is 2.36. The Morgan fingerprint density at radius 3 is 2.61 bits per heavy atom. The Hall–Kier alpha value is -3.66. The molecule has 31 heavy (non-hydrogen) atoms. The Kier molecular flexibility index (Phi) is 7.03. The standard InChI is InChI=1S/C21H18N2O7S/c1-2-29-19(24)12-22-20(25)18(31-21(22)26)11-15-4-3-5-17(10-15)30-13-14-6-8-16(9-7-14)23(27)28/h3-11H,2,12-13H2,1H3/b18-11+. The zero-order valence-electron chi connectivity index (χ0n) is 16.5. The zero-order valence-corrected chi connectivity index (χ0v) is 17.3. The van der Waals surface area contributed by atoms with E-state index in [9.17, 15) is 24.5 Å². The van der Waals surface area contributed by atoms with Crippen LogP contribution in [0.15, 0.2) is 53.4 Å². The third kappa shape index (κ3) is 5.70. The van der Waals surface area contributed by atoms with Gasteiger partial charge in [0.1, 0.15) is 18.9 Å². The number of imide groups is 1. The van der Waals surface area contributed by atoms with Crippen LogP contribution in [0.1, 0.15) is 18.1 Å². The molecule has 10 heteroatoms. The maximum Gasteiger partial charge on any atom is 0.326 e. The van der Waals surface area contributed by atoms with Gasteiger partial charge in [-0.05, 0) is 60.2 Å². The topological polar surface area (TPSA) is 116 Å². The lowest BCUT2D eigenvalue weighted by atomic mass is 10.2. The van der Waals surface area contributed by atoms with Crippen molar-refractivity contribution < 1.29 is 28.8 Å². The molecule has 0 aromatic heterocycles. The van der Waals surface area contributed by atoms with Gasteiger partial charge in [-0.1, -0.05) is 12.1 Å². The van der Waals surface area contributed by atoms with Crippen molar-refractivity contribution in [1.82, 2.24) is 4.90 Å². The predicted octanol–water partition coefficient (Wildman–Crippen LogP) is 3.77. The summed E-state index contributed by atoms with van der Waals surface area (Å²) < 4.78 is 10.5. The largest absolute Gasteiger partial charge is 0.489 e. The summed E-state index contributed by atoms with van der Waals surface area (Å²) in [5, 5.41) is 10.2. The average Bonchev–Trinajstić information content (AvgIpc) is 3.00. The van der Waals surface area contributed by atoms with Gasteiger partial charge in [0.25, 0.3) is 16.8 Å². The van der Waals surface area contributed by atoms with Crippen LogP contribution in [0.5, 0.6) is 5.75 Å². The summed E-state index contributed by atoms with van der Waals surface area (Å²) in [6.45, 7) is 1.59. The van der Waals surface area contributed by atoms with Crippen LogP contribution in [0.3, 0.4) is 0 Å². The first-order valence-electron chi connectivity index (χ1n) is 9.24. The fourth-order valence-electron chi connectivity index (χ4n) is 2.70. The molecule has 1 heterocycles. The SMILES string of the molecule is CCOC(=O)CN1C(=O)S/C(=C/c2cccc(OCc3ccc([N+](=O)[O-])cc3)c2)C1=O. The van der Waals surface area contributed by atoms with Crippen molar-refractivity contribution in [2.24, 2.45) is 0 Å². The molecule has 1 aliphatic heterocycles. The number of benzene rings is 2. The molecule has 2 aromatic carbocycles. The second-order valence-corrected chi connectivity index (χ2v) is 7.35. The van der Waals surface area contributed by atoms with E-state index in [1.807, 2.05) is 0 Å². The lowest BCUT2D eigenvalue weighted by Gasteiger charge is -2.10. The second kappa shape index (κ2) is 9.90. The molecule has 0 N–H and O–H groups in total. The first-order chi connectivity index (χ1) is 14.9. The van der Waals surface area contributed by atoms with Crippen molar-refractivity contribution in [2.75, 3.05) is 13.2 Å². The number of non-ortho nitro benzene ring substituents is 1. The Balaban J connectivity index is 1.66. The minimum atomic E-state index is -0.646. The van der Waals surface area contributed by atoms with Crippen molar-refractivity contribution in [3.63, 3.8) is 0 Å². The summed E-state index contributed by atoms with van der Waals surface area (Å²) in [4.78, 5) is 47.4. The zero-order chi connectivity index (χ0) is 22.4. The molecule has 0 radical (unpaired) electrons. The van der Waals surface area contributed by atoms with Gasteiger partial charge in [-0.25, -0.2) is 0 Å². The van der Waals surface area contributed by atoms with E-state index in [1.165, 1.54) is 12.1 Å². The molecule has 1 aliphatic rings. The number of nitro groups is 1. The number of nitrogens with zero attached hydrogens (tertiary/aromatic N) is 2. The van der Waals surface area contributed by atoms with Gasteiger partial charge in [0.05, 0.1) is 16.4 Å². The predicted molar refractivity (Wildman–Crippen MR) is 113 cm³/mol. The van der Waals surface area contributed by atoms with Gasteiger partial charge in [0, 0.05) is 12.1 Å². The lowest BCUT2D eigenvalue weighted by molar-refractivity contribution is -0.384. The maximum atomic E-state index is 12.5. The third-order valence-electron chi connectivity index (χ3n) is 4.17. The van der Waals surface area contributed by atoms with Gasteiger partial charge >= 0.3 is 5.97 Å². The number of nitro benzene ring substituents is 1. The van der Waals surface area contributed by atoms with E-state index in [-0.39, 0.29) is 23.8 Å². The van der Waals surface area contributed by atoms with Crippen molar-refractivity contribution in [3.05, 3.63) is 74.7 Å². The van der Waals surface area contributed by atoms with Crippen molar-refractivity contribution >= 4 is 40.6 Å². The highest BCUT2D eigenvalue weighted by atomic mass is 32.2. The fraction of sp³-hybridized carbons (Fsp3) is 0.190. The van der Waals surface area contributed by atoms with Crippen LogP contribution in [0.25, 0.3) is 6.08 Å². The third-order valence-corrected chi connectivity index (χ3v) is 5.08. The van der Waals surface area contributed by atoms with Gasteiger partial charge in [0.2, 0.25) is 0 Å². The van der Waals surface area contributed by atoms with Crippen LogP contribution in [-0.2, 0) is 20.9 Å². The first-order valence-corrected chi connectivity index (χ1v) is 10.1. The van der Waals surface area contributed by atoms with Crippen LogP contribution < -0.4 is 4.74 Å². The Bertz CT molecular complexity index is 1050. The van der Waals surface area contributed by atoms with E-state index in [0.29, 0.717) is 11.3 Å². The van der Waals surface area contributed by atoms with Gasteiger partial charge in [0.15, 0.2) is 0 Å². The number of hydrogen-bond donors (Lipinski definition) is 0. The number of ether oxygens (including phenoxy) is 2. The highest BCUT2D eigenvalue weighted by molar-refractivity contribution is 8.18. The number of amides is 2. The molecular formula is C21H18N2O7S. The van der Waals surface area contributed by atoms with E-state index in [0.717, 1.165) is 22.2 Å². The molecule has 160 valence electrons. The van der Waals surface area contributed by atoms with Gasteiger partial charge in [-0.2, -0.15) is 0 Å². The van der Waals surface area contributed by atoms with E-state index in [1.54, 1.807) is 49.4 Å².